The second-order valence-corrected chi connectivity index (χ2v) is 6.13. The molecule has 3 rings (SSSR count). The van der Waals surface area contributed by atoms with Crippen molar-refractivity contribution in [3.05, 3.63) is 11.7 Å². The lowest BCUT2D eigenvalue weighted by Crippen LogP contribution is -2.48. The van der Waals surface area contributed by atoms with Crippen LogP contribution in [-0.4, -0.2) is 65.2 Å². The van der Waals surface area contributed by atoms with E-state index in [1.54, 1.807) is 0 Å². The van der Waals surface area contributed by atoms with Crippen LogP contribution in [-0.2, 0) is 9.53 Å². The minimum atomic E-state index is 0.0569. The third-order valence-electron chi connectivity index (χ3n) is 4.57. The molecule has 3 heterocycles. The van der Waals surface area contributed by atoms with Gasteiger partial charge in [-0.2, -0.15) is 4.98 Å². The van der Waals surface area contributed by atoms with E-state index in [1.807, 2.05) is 11.8 Å². The number of ether oxygens (including phenoxy) is 1. The Balaban J connectivity index is 1.62. The van der Waals surface area contributed by atoms with Crippen LogP contribution in [0.4, 0.5) is 0 Å². The van der Waals surface area contributed by atoms with Gasteiger partial charge in [0.1, 0.15) is 0 Å². The summed E-state index contributed by atoms with van der Waals surface area (Å²) < 4.78 is 10.6. The van der Waals surface area contributed by atoms with Crippen LogP contribution < -0.4 is 0 Å². The molecular formula is C15H24N4O3. The van der Waals surface area contributed by atoms with Crippen molar-refractivity contribution >= 4 is 5.91 Å². The maximum atomic E-state index is 12.7. The van der Waals surface area contributed by atoms with Crippen LogP contribution in [0.15, 0.2) is 4.52 Å². The molecule has 1 aromatic heterocycles. The summed E-state index contributed by atoms with van der Waals surface area (Å²) >= 11 is 0. The zero-order valence-electron chi connectivity index (χ0n) is 13.3. The summed E-state index contributed by atoms with van der Waals surface area (Å²) in [7, 11) is 0. The second kappa shape index (κ2) is 6.75. The third-order valence-corrected chi connectivity index (χ3v) is 4.57. The van der Waals surface area contributed by atoms with Gasteiger partial charge in [0.2, 0.25) is 11.8 Å². The number of morpholine rings is 1. The topological polar surface area (TPSA) is 71.7 Å². The van der Waals surface area contributed by atoms with E-state index in [0.717, 1.165) is 25.9 Å². The van der Waals surface area contributed by atoms with Gasteiger partial charge in [-0.05, 0) is 33.2 Å². The molecule has 0 radical (unpaired) electrons. The number of piperidine rings is 1. The maximum absolute atomic E-state index is 12.7. The Kier molecular flexibility index (Phi) is 4.73. The molecule has 2 aliphatic heterocycles. The molecule has 0 saturated carbocycles. The van der Waals surface area contributed by atoms with Crippen molar-refractivity contribution in [2.75, 3.05) is 39.4 Å². The number of aryl methyl sites for hydroxylation is 1. The molecule has 7 nitrogen and oxygen atoms in total. The molecule has 0 N–H and O–H groups in total. The van der Waals surface area contributed by atoms with Crippen LogP contribution in [0.5, 0.6) is 0 Å². The van der Waals surface area contributed by atoms with Crippen molar-refractivity contribution in [3.63, 3.8) is 0 Å². The van der Waals surface area contributed by atoms with Gasteiger partial charge in [0.15, 0.2) is 5.82 Å². The standard InChI is InChI=1S/C15H24N4O3/c1-11(14-16-12(2)17-22-14)19-5-3-4-13(10-19)15(20)18-6-8-21-9-7-18/h11,13H,3-10H2,1-2H3. The van der Waals surface area contributed by atoms with E-state index in [0.29, 0.717) is 38.0 Å². The average molecular weight is 308 g/mol. The molecule has 0 aliphatic carbocycles. The first-order chi connectivity index (χ1) is 10.6. The molecule has 0 bridgehead atoms. The molecule has 22 heavy (non-hydrogen) atoms. The first kappa shape index (κ1) is 15.4. The fraction of sp³-hybridized carbons (Fsp3) is 0.800. The SMILES string of the molecule is Cc1noc(C(C)N2CCCC(C(=O)N3CCOCC3)C2)n1. The molecule has 7 heteroatoms. The van der Waals surface area contributed by atoms with E-state index < -0.39 is 0 Å². The minimum Gasteiger partial charge on any atom is -0.378 e. The fourth-order valence-electron chi connectivity index (χ4n) is 3.24. The molecule has 2 atom stereocenters. The number of likely N-dealkylation sites (tertiary alicyclic amines) is 1. The van der Waals surface area contributed by atoms with Crippen molar-refractivity contribution < 1.29 is 14.1 Å². The van der Waals surface area contributed by atoms with Crippen LogP contribution in [0.3, 0.4) is 0 Å². The Morgan fingerprint density at radius 1 is 1.32 bits per heavy atom. The van der Waals surface area contributed by atoms with Gasteiger partial charge in [-0.1, -0.05) is 5.16 Å². The Bertz CT molecular complexity index is 513. The summed E-state index contributed by atoms with van der Waals surface area (Å²) in [6, 6.07) is 0.0569. The van der Waals surface area contributed by atoms with Crippen LogP contribution in [0.2, 0.25) is 0 Å². The van der Waals surface area contributed by atoms with Gasteiger partial charge in [0.05, 0.1) is 25.2 Å². The number of amides is 1. The highest BCUT2D eigenvalue weighted by molar-refractivity contribution is 5.79. The Labute approximate surface area is 130 Å². The number of rotatable bonds is 3. The zero-order valence-corrected chi connectivity index (χ0v) is 13.3. The van der Waals surface area contributed by atoms with E-state index in [-0.39, 0.29) is 17.9 Å². The summed E-state index contributed by atoms with van der Waals surface area (Å²) in [6.07, 6.45) is 1.99. The Morgan fingerprint density at radius 3 is 2.77 bits per heavy atom. The van der Waals surface area contributed by atoms with E-state index >= 15 is 0 Å². The van der Waals surface area contributed by atoms with Gasteiger partial charge in [-0.3, -0.25) is 9.69 Å². The van der Waals surface area contributed by atoms with Crippen molar-refractivity contribution in [1.29, 1.82) is 0 Å². The maximum Gasteiger partial charge on any atom is 0.243 e. The summed E-state index contributed by atoms with van der Waals surface area (Å²) in [4.78, 5) is 21.2. The first-order valence-corrected chi connectivity index (χ1v) is 8.06. The quantitative estimate of drug-likeness (QED) is 0.830. The predicted molar refractivity (Wildman–Crippen MR) is 79.1 cm³/mol. The Hall–Kier alpha value is -1.47. The summed E-state index contributed by atoms with van der Waals surface area (Å²) in [5, 5.41) is 3.86. The molecular weight excluding hydrogens is 284 g/mol. The summed E-state index contributed by atoms with van der Waals surface area (Å²) in [5.41, 5.74) is 0. The van der Waals surface area contributed by atoms with E-state index in [2.05, 4.69) is 22.0 Å². The van der Waals surface area contributed by atoms with Crippen molar-refractivity contribution in [1.82, 2.24) is 19.9 Å². The number of nitrogens with zero attached hydrogens (tertiary/aromatic N) is 4. The van der Waals surface area contributed by atoms with Gasteiger partial charge in [-0.25, -0.2) is 0 Å². The van der Waals surface area contributed by atoms with Crippen molar-refractivity contribution in [2.45, 2.75) is 32.7 Å². The number of aromatic nitrogens is 2. The van der Waals surface area contributed by atoms with Gasteiger partial charge in [0, 0.05) is 19.6 Å². The van der Waals surface area contributed by atoms with Crippen molar-refractivity contribution in [3.8, 4) is 0 Å². The normalized spacial score (nSPS) is 25.2. The van der Waals surface area contributed by atoms with Gasteiger partial charge < -0.3 is 14.2 Å². The van der Waals surface area contributed by atoms with Gasteiger partial charge >= 0.3 is 0 Å². The summed E-state index contributed by atoms with van der Waals surface area (Å²) in [6.45, 7) is 8.35. The van der Waals surface area contributed by atoms with Gasteiger partial charge in [0.25, 0.3) is 0 Å². The van der Waals surface area contributed by atoms with E-state index in [1.165, 1.54) is 0 Å². The second-order valence-electron chi connectivity index (χ2n) is 6.13. The van der Waals surface area contributed by atoms with Crippen molar-refractivity contribution in [2.24, 2.45) is 5.92 Å². The van der Waals surface area contributed by atoms with Crippen LogP contribution >= 0.6 is 0 Å². The smallest absolute Gasteiger partial charge is 0.243 e. The molecule has 1 aromatic rings. The lowest BCUT2D eigenvalue weighted by atomic mass is 9.95. The average Bonchev–Trinajstić information content (AvgIpc) is 3.01. The molecule has 0 spiro atoms. The van der Waals surface area contributed by atoms with E-state index in [9.17, 15) is 4.79 Å². The van der Waals surface area contributed by atoms with E-state index in [4.69, 9.17) is 9.26 Å². The van der Waals surface area contributed by atoms with Crippen LogP contribution in [0.1, 0.15) is 37.5 Å². The molecule has 2 aliphatic rings. The number of carbonyl (C=O) groups is 1. The summed E-state index contributed by atoms with van der Waals surface area (Å²) in [5.74, 6) is 1.62. The Morgan fingerprint density at radius 2 is 2.09 bits per heavy atom. The molecule has 2 saturated heterocycles. The highest BCUT2D eigenvalue weighted by Gasteiger charge is 2.33. The number of carbonyl (C=O) groups excluding carboxylic acids is 1. The van der Waals surface area contributed by atoms with Crippen LogP contribution in [0.25, 0.3) is 0 Å². The number of hydrogen-bond donors (Lipinski definition) is 0. The zero-order chi connectivity index (χ0) is 15.5. The number of hydrogen-bond acceptors (Lipinski definition) is 6. The third kappa shape index (κ3) is 3.30. The highest BCUT2D eigenvalue weighted by atomic mass is 16.5. The molecule has 2 unspecified atom stereocenters. The van der Waals surface area contributed by atoms with Gasteiger partial charge in [-0.15, -0.1) is 0 Å². The lowest BCUT2D eigenvalue weighted by Gasteiger charge is -2.37. The minimum absolute atomic E-state index is 0.0569. The fourth-order valence-corrected chi connectivity index (χ4v) is 3.24. The molecule has 1 amide bonds. The molecule has 122 valence electrons. The lowest BCUT2D eigenvalue weighted by molar-refractivity contribution is -0.141. The monoisotopic (exact) mass is 308 g/mol. The largest absolute Gasteiger partial charge is 0.378 e. The first-order valence-electron chi connectivity index (χ1n) is 8.06. The molecule has 2 fully saturated rings. The predicted octanol–water partition coefficient (Wildman–Crippen LogP) is 1.01. The van der Waals surface area contributed by atoms with Crippen LogP contribution in [0, 0.1) is 12.8 Å². The highest BCUT2D eigenvalue weighted by Crippen LogP contribution is 2.27. The molecule has 0 aromatic carbocycles.